The van der Waals surface area contributed by atoms with Gasteiger partial charge in [-0.05, 0) is 0 Å². The van der Waals surface area contributed by atoms with Gasteiger partial charge in [-0.25, -0.2) is 0 Å². The Labute approximate surface area is 268 Å². The molecule has 232 valence electrons. The molecule has 0 radical (unpaired) electrons. The first-order chi connectivity index (χ1) is 19.9. The molecule has 0 aromatic heterocycles. The molecule has 0 N–H and O–H groups in total. The fraction of sp³-hybridized carbons (Fsp3) is 0.524. The number of benzene rings is 3. The van der Waals surface area contributed by atoms with Gasteiger partial charge < -0.3 is 0 Å². The molecule has 4 rings (SSSR count). The summed E-state index contributed by atoms with van der Waals surface area (Å²) in [4.78, 5) is 2.95. The van der Waals surface area contributed by atoms with E-state index in [9.17, 15) is 0 Å². The van der Waals surface area contributed by atoms with E-state index < -0.39 is 13.3 Å². The molecule has 3 aromatic carbocycles. The van der Waals surface area contributed by atoms with E-state index in [1.807, 2.05) is 0 Å². The van der Waals surface area contributed by atoms with Crippen molar-refractivity contribution < 1.29 is 0 Å². The second kappa shape index (κ2) is 12.0. The number of rotatable bonds is 8. The summed E-state index contributed by atoms with van der Waals surface area (Å²) in [6, 6.07) is 21.7. The fourth-order valence-electron chi connectivity index (χ4n) is 7.61. The third-order valence-corrected chi connectivity index (χ3v) is 22.2. The summed E-state index contributed by atoms with van der Waals surface area (Å²) in [6.07, 6.45) is 0. The molecule has 1 atom stereocenters. The molecule has 0 amide bonds. The van der Waals surface area contributed by atoms with E-state index in [1.165, 1.54) is 22.3 Å². The molecule has 0 saturated carbocycles. The van der Waals surface area contributed by atoms with Gasteiger partial charge in [0, 0.05) is 0 Å². The molecule has 1 aliphatic rings. The molecule has 0 saturated heterocycles. The van der Waals surface area contributed by atoms with E-state index in [-0.39, 0.29) is 9.66 Å². The van der Waals surface area contributed by atoms with Crippen molar-refractivity contribution in [3.63, 3.8) is 0 Å². The van der Waals surface area contributed by atoms with Crippen LogP contribution in [-0.2, 0) is 4.25 Å². The molecule has 0 aliphatic carbocycles. The summed E-state index contributed by atoms with van der Waals surface area (Å²) in [6.45, 7) is 36.6. The molecular formula is C42H60Ge. The van der Waals surface area contributed by atoms with E-state index in [2.05, 4.69) is 163 Å². The zero-order valence-corrected chi connectivity index (χ0v) is 32.3. The van der Waals surface area contributed by atoms with Crippen LogP contribution in [0.25, 0.3) is 5.57 Å². The van der Waals surface area contributed by atoms with Crippen LogP contribution in [0.15, 0.2) is 59.5 Å². The second-order valence-electron chi connectivity index (χ2n) is 16.5. The first kappa shape index (κ1) is 33.8. The molecule has 0 spiro atoms. The van der Waals surface area contributed by atoms with Gasteiger partial charge in [0.1, 0.15) is 0 Å². The summed E-state index contributed by atoms with van der Waals surface area (Å²) >= 11 is -3.31. The van der Waals surface area contributed by atoms with Crippen LogP contribution in [0.2, 0.25) is 0 Å². The van der Waals surface area contributed by atoms with Gasteiger partial charge in [0.25, 0.3) is 0 Å². The van der Waals surface area contributed by atoms with Crippen molar-refractivity contribution in [1.29, 1.82) is 0 Å². The first-order valence-corrected chi connectivity index (χ1v) is 21.4. The predicted molar refractivity (Wildman–Crippen MR) is 195 cm³/mol. The molecular weight excluding hydrogens is 577 g/mol. The van der Waals surface area contributed by atoms with Crippen LogP contribution in [0.1, 0.15) is 172 Å². The van der Waals surface area contributed by atoms with Gasteiger partial charge >= 0.3 is 269 Å². The summed E-state index contributed by atoms with van der Waals surface area (Å²) in [5, 5.41) is 0. The Hall–Kier alpha value is -2.06. The topological polar surface area (TPSA) is 0 Å². The maximum absolute atomic E-state index is 3.31. The summed E-state index contributed by atoms with van der Waals surface area (Å²) in [5.41, 5.74) is 12.4. The van der Waals surface area contributed by atoms with Crippen molar-refractivity contribution >= 4 is 27.6 Å². The number of hydrogen-bond donors (Lipinski definition) is 0. The van der Waals surface area contributed by atoms with Gasteiger partial charge in [-0.3, -0.25) is 0 Å². The molecule has 3 aromatic rings. The molecule has 1 unspecified atom stereocenters. The van der Waals surface area contributed by atoms with Gasteiger partial charge in [-0.15, -0.1) is 0 Å². The summed E-state index contributed by atoms with van der Waals surface area (Å²) < 4.78 is 3.61. The zero-order chi connectivity index (χ0) is 32.2. The van der Waals surface area contributed by atoms with Crippen LogP contribution in [-0.4, -0.2) is 13.3 Å². The van der Waals surface area contributed by atoms with Gasteiger partial charge in [-0.1, -0.05) is 0 Å². The standard InChI is InChI=1S/C42H60Ge/c1-26(2)32-21-34(28(5)6)39(35(22-32)29(7)8)43(25-38(41(11,12)13)31-19-17-16-18-20-31)40-36(30(9)10)23-33(27(3)4)24-37(40)42(43,14)15/h16-30H,1-15H3/b38-25-. The summed E-state index contributed by atoms with van der Waals surface area (Å²) in [7, 11) is 0. The van der Waals surface area contributed by atoms with Crippen molar-refractivity contribution in [3.05, 3.63) is 98.4 Å². The number of hydrogen-bond acceptors (Lipinski definition) is 0. The second-order valence-corrected chi connectivity index (χ2v) is 25.2. The Morgan fingerprint density at radius 1 is 0.605 bits per heavy atom. The zero-order valence-electron chi connectivity index (χ0n) is 30.2. The van der Waals surface area contributed by atoms with Crippen molar-refractivity contribution in [2.75, 3.05) is 0 Å². The maximum atomic E-state index is 2.95. The van der Waals surface area contributed by atoms with Crippen LogP contribution in [0.3, 0.4) is 0 Å². The molecule has 0 bridgehead atoms. The van der Waals surface area contributed by atoms with Crippen molar-refractivity contribution in [2.24, 2.45) is 5.41 Å². The molecule has 0 fully saturated rings. The molecule has 43 heavy (non-hydrogen) atoms. The van der Waals surface area contributed by atoms with Crippen LogP contribution in [0.4, 0.5) is 0 Å². The third-order valence-electron chi connectivity index (χ3n) is 10.3. The Bertz CT molecular complexity index is 1440. The predicted octanol–water partition coefficient (Wildman–Crippen LogP) is 11.4. The van der Waals surface area contributed by atoms with Gasteiger partial charge in [0.05, 0.1) is 0 Å². The first-order valence-electron chi connectivity index (χ1n) is 17.0. The fourth-order valence-corrected chi connectivity index (χ4v) is 22.0. The van der Waals surface area contributed by atoms with Crippen LogP contribution < -0.4 is 8.79 Å². The van der Waals surface area contributed by atoms with Crippen molar-refractivity contribution in [1.82, 2.24) is 0 Å². The van der Waals surface area contributed by atoms with E-state index in [0.29, 0.717) is 29.6 Å². The van der Waals surface area contributed by atoms with E-state index >= 15 is 0 Å². The average Bonchev–Trinajstić information content (AvgIpc) is 2.91. The van der Waals surface area contributed by atoms with Gasteiger partial charge in [0.15, 0.2) is 0 Å². The van der Waals surface area contributed by atoms with Crippen LogP contribution in [0, 0.1) is 5.41 Å². The molecule has 0 nitrogen and oxygen atoms in total. The normalized spacial score (nSPS) is 18.7. The minimum atomic E-state index is -3.31. The quantitative estimate of drug-likeness (QED) is 0.216. The molecule has 1 aliphatic heterocycles. The SMILES string of the molecule is CC(C)c1cc(C(C)C)[c]([Ge]2(/[CH]=C(/c3ccccc3)C(C)(C)C)[c]3c(C(C)C)cc(C(C)C)cc3[C]2(C)C)c(C(C)C)c1. The minimum absolute atomic E-state index is 0.0230. The van der Waals surface area contributed by atoms with Crippen molar-refractivity contribution in [2.45, 2.75) is 138 Å². The van der Waals surface area contributed by atoms with Crippen LogP contribution in [0.5, 0.6) is 0 Å². The molecule has 1 heterocycles. The van der Waals surface area contributed by atoms with Crippen molar-refractivity contribution in [3.8, 4) is 0 Å². The Kier molecular flexibility index (Phi) is 9.47. The van der Waals surface area contributed by atoms with E-state index in [4.69, 9.17) is 0 Å². The number of allylic oxidation sites excluding steroid dienone is 1. The van der Waals surface area contributed by atoms with Crippen LogP contribution >= 0.6 is 0 Å². The van der Waals surface area contributed by atoms with Gasteiger partial charge in [-0.2, -0.15) is 0 Å². The number of fused-ring (bicyclic) bond motifs is 1. The Morgan fingerprint density at radius 2 is 1.02 bits per heavy atom. The molecule has 1 heteroatoms. The monoisotopic (exact) mass is 638 g/mol. The van der Waals surface area contributed by atoms with E-state index in [0.717, 1.165) is 0 Å². The Balaban J connectivity index is 2.33. The average molecular weight is 638 g/mol. The van der Waals surface area contributed by atoms with E-state index in [1.54, 1.807) is 31.0 Å². The van der Waals surface area contributed by atoms with Gasteiger partial charge in [0.2, 0.25) is 0 Å². The Morgan fingerprint density at radius 3 is 1.42 bits per heavy atom. The summed E-state index contributed by atoms with van der Waals surface area (Å²) in [5.74, 6) is 2.45. The third kappa shape index (κ3) is 5.76.